The molecule has 0 bridgehead atoms. The standard InChI is InChI=1S/C13H16N4O3S/c1-3-8-9(14)10(17-16-8)11(18)15-12-7(5-6-21-12)13(19)20-4-2/h5-6H,3-4,14H2,1-2H3,(H,15,18)(H,16,17). The van der Waals surface area contributed by atoms with Crippen LogP contribution in [0, 0.1) is 0 Å². The molecular formula is C13H16N4O3S. The molecule has 0 saturated heterocycles. The number of amides is 1. The number of nitrogens with zero attached hydrogens (tertiary/aromatic N) is 1. The molecule has 0 atom stereocenters. The van der Waals surface area contributed by atoms with Crippen LogP contribution in [0.15, 0.2) is 11.4 Å². The number of H-pyrrole nitrogens is 1. The molecular weight excluding hydrogens is 292 g/mol. The van der Waals surface area contributed by atoms with Crippen LogP contribution < -0.4 is 11.1 Å². The monoisotopic (exact) mass is 308 g/mol. The van der Waals surface area contributed by atoms with Crippen molar-refractivity contribution in [3.63, 3.8) is 0 Å². The lowest BCUT2D eigenvalue weighted by Gasteiger charge is -2.05. The van der Waals surface area contributed by atoms with E-state index in [1.807, 2.05) is 6.92 Å². The van der Waals surface area contributed by atoms with E-state index >= 15 is 0 Å². The van der Waals surface area contributed by atoms with Gasteiger partial charge >= 0.3 is 5.97 Å². The molecule has 0 aliphatic heterocycles. The smallest absolute Gasteiger partial charge is 0.341 e. The van der Waals surface area contributed by atoms with E-state index in [1.54, 1.807) is 18.4 Å². The van der Waals surface area contributed by atoms with Crippen molar-refractivity contribution in [3.05, 3.63) is 28.4 Å². The van der Waals surface area contributed by atoms with Crippen molar-refractivity contribution in [3.8, 4) is 0 Å². The minimum absolute atomic E-state index is 0.120. The van der Waals surface area contributed by atoms with Crippen molar-refractivity contribution in [2.75, 3.05) is 17.7 Å². The molecule has 4 N–H and O–H groups in total. The average molecular weight is 308 g/mol. The molecule has 0 radical (unpaired) electrons. The van der Waals surface area contributed by atoms with Crippen molar-refractivity contribution in [2.24, 2.45) is 0 Å². The van der Waals surface area contributed by atoms with Gasteiger partial charge in [-0.15, -0.1) is 11.3 Å². The molecule has 2 aromatic heterocycles. The number of rotatable bonds is 5. The number of nitrogen functional groups attached to an aromatic ring is 1. The maximum absolute atomic E-state index is 12.2. The van der Waals surface area contributed by atoms with E-state index in [-0.39, 0.29) is 12.3 Å². The normalized spacial score (nSPS) is 10.4. The fourth-order valence-corrected chi connectivity index (χ4v) is 2.54. The lowest BCUT2D eigenvalue weighted by molar-refractivity contribution is 0.0528. The molecule has 0 saturated carbocycles. The summed E-state index contributed by atoms with van der Waals surface area (Å²) < 4.78 is 4.93. The SMILES string of the molecule is CCOC(=O)c1ccsc1NC(=O)c1n[nH]c(CC)c1N. The molecule has 21 heavy (non-hydrogen) atoms. The summed E-state index contributed by atoms with van der Waals surface area (Å²) in [6, 6.07) is 1.60. The van der Waals surface area contributed by atoms with Gasteiger partial charge in [-0.25, -0.2) is 4.79 Å². The Morgan fingerprint density at radius 2 is 2.24 bits per heavy atom. The van der Waals surface area contributed by atoms with Crippen LogP contribution >= 0.6 is 11.3 Å². The van der Waals surface area contributed by atoms with Gasteiger partial charge in [0.25, 0.3) is 5.91 Å². The van der Waals surface area contributed by atoms with Crippen LogP contribution in [0.25, 0.3) is 0 Å². The summed E-state index contributed by atoms with van der Waals surface area (Å²) in [6.45, 7) is 3.90. The lowest BCUT2D eigenvalue weighted by atomic mass is 10.2. The zero-order valence-corrected chi connectivity index (χ0v) is 12.5. The van der Waals surface area contributed by atoms with Gasteiger partial charge in [-0.2, -0.15) is 5.10 Å². The average Bonchev–Trinajstić information content (AvgIpc) is 3.05. The number of carbonyl (C=O) groups is 2. The van der Waals surface area contributed by atoms with E-state index in [9.17, 15) is 9.59 Å². The number of nitrogens with one attached hydrogen (secondary N) is 2. The number of aryl methyl sites for hydroxylation is 1. The van der Waals surface area contributed by atoms with Gasteiger partial charge in [0.2, 0.25) is 0 Å². The quantitative estimate of drug-likeness (QED) is 0.732. The number of ether oxygens (including phenoxy) is 1. The number of aromatic nitrogens is 2. The van der Waals surface area contributed by atoms with Crippen molar-refractivity contribution in [1.29, 1.82) is 0 Å². The fraction of sp³-hybridized carbons (Fsp3) is 0.308. The zero-order chi connectivity index (χ0) is 15.4. The second-order valence-electron chi connectivity index (χ2n) is 4.16. The fourth-order valence-electron chi connectivity index (χ4n) is 1.77. The minimum Gasteiger partial charge on any atom is -0.462 e. The summed E-state index contributed by atoms with van der Waals surface area (Å²) in [4.78, 5) is 23.9. The highest BCUT2D eigenvalue weighted by Crippen LogP contribution is 2.25. The highest BCUT2D eigenvalue weighted by Gasteiger charge is 2.20. The summed E-state index contributed by atoms with van der Waals surface area (Å²) >= 11 is 1.23. The Hall–Kier alpha value is -2.35. The highest BCUT2D eigenvalue weighted by atomic mass is 32.1. The molecule has 0 spiro atoms. The van der Waals surface area contributed by atoms with Gasteiger partial charge in [0.1, 0.15) is 5.00 Å². The Balaban J connectivity index is 2.18. The number of anilines is 2. The van der Waals surface area contributed by atoms with Crippen LogP contribution in [-0.2, 0) is 11.2 Å². The molecule has 0 unspecified atom stereocenters. The topological polar surface area (TPSA) is 110 Å². The molecule has 112 valence electrons. The third-order valence-electron chi connectivity index (χ3n) is 2.84. The Morgan fingerprint density at radius 1 is 1.48 bits per heavy atom. The molecule has 2 rings (SSSR count). The van der Waals surface area contributed by atoms with Crippen molar-refractivity contribution >= 4 is 33.9 Å². The van der Waals surface area contributed by atoms with Crippen LogP contribution in [0.3, 0.4) is 0 Å². The first-order chi connectivity index (χ1) is 10.1. The minimum atomic E-state index is -0.474. The Kier molecular flexibility index (Phi) is 4.59. The van der Waals surface area contributed by atoms with Crippen LogP contribution in [0.1, 0.15) is 40.4 Å². The van der Waals surface area contributed by atoms with Gasteiger partial charge in [0.05, 0.1) is 23.6 Å². The van der Waals surface area contributed by atoms with E-state index in [0.717, 1.165) is 0 Å². The number of esters is 1. The van der Waals surface area contributed by atoms with E-state index in [4.69, 9.17) is 10.5 Å². The largest absolute Gasteiger partial charge is 0.462 e. The number of hydrogen-bond acceptors (Lipinski definition) is 6. The van der Waals surface area contributed by atoms with Gasteiger partial charge in [-0.05, 0) is 24.8 Å². The summed E-state index contributed by atoms with van der Waals surface area (Å²) in [5, 5.41) is 11.4. The van der Waals surface area contributed by atoms with Crippen LogP contribution in [0.5, 0.6) is 0 Å². The number of nitrogens with two attached hydrogens (primary N) is 1. The maximum Gasteiger partial charge on any atom is 0.341 e. The van der Waals surface area contributed by atoms with E-state index in [2.05, 4.69) is 15.5 Å². The first-order valence-corrected chi connectivity index (χ1v) is 7.35. The second-order valence-corrected chi connectivity index (χ2v) is 5.07. The molecule has 8 heteroatoms. The highest BCUT2D eigenvalue weighted by molar-refractivity contribution is 7.14. The molecule has 2 aromatic rings. The van der Waals surface area contributed by atoms with Crippen molar-refractivity contribution in [1.82, 2.24) is 10.2 Å². The van der Waals surface area contributed by atoms with Gasteiger partial charge < -0.3 is 15.8 Å². The molecule has 0 aliphatic rings. The summed E-state index contributed by atoms with van der Waals surface area (Å²) in [5.41, 5.74) is 7.32. The molecule has 1 amide bonds. The Bertz CT molecular complexity index is 662. The second kappa shape index (κ2) is 6.40. The molecule has 0 aliphatic carbocycles. The van der Waals surface area contributed by atoms with Gasteiger partial charge in [-0.3, -0.25) is 9.89 Å². The van der Waals surface area contributed by atoms with E-state index < -0.39 is 11.9 Å². The Morgan fingerprint density at radius 3 is 2.86 bits per heavy atom. The Labute approximate surface area is 125 Å². The number of thiophene rings is 1. The van der Waals surface area contributed by atoms with Gasteiger partial charge in [0, 0.05) is 0 Å². The maximum atomic E-state index is 12.2. The first kappa shape index (κ1) is 15.0. The number of hydrogen-bond donors (Lipinski definition) is 3. The molecule has 0 fully saturated rings. The predicted octanol–water partition coefficient (Wildman–Crippen LogP) is 2.04. The molecule has 0 aromatic carbocycles. The van der Waals surface area contributed by atoms with Crippen molar-refractivity contribution in [2.45, 2.75) is 20.3 Å². The van der Waals surface area contributed by atoms with E-state index in [1.165, 1.54) is 11.3 Å². The van der Waals surface area contributed by atoms with Crippen LogP contribution in [0.2, 0.25) is 0 Å². The summed E-state index contributed by atoms with van der Waals surface area (Å²) in [6.07, 6.45) is 0.652. The van der Waals surface area contributed by atoms with Crippen LogP contribution in [-0.4, -0.2) is 28.7 Å². The molecule has 2 heterocycles. The van der Waals surface area contributed by atoms with Crippen LogP contribution in [0.4, 0.5) is 10.7 Å². The number of carbonyl (C=O) groups excluding carboxylic acids is 2. The first-order valence-electron chi connectivity index (χ1n) is 6.47. The van der Waals surface area contributed by atoms with E-state index in [0.29, 0.717) is 28.4 Å². The van der Waals surface area contributed by atoms with Gasteiger partial charge in [0.15, 0.2) is 5.69 Å². The van der Waals surface area contributed by atoms with Crippen molar-refractivity contribution < 1.29 is 14.3 Å². The molecule has 7 nitrogen and oxygen atoms in total. The predicted molar refractivity (Wildman–Crippen MR) is 80.6 cm³/mol. The van der Waals surface area contributed by atoms with Gasteiger partial charge in [-0.1, -0.05) is 6.92 Å². The third kappa shape index (κ3) is 3.05. The third-order valence-corrected chi connectivity index (χ3v) is 3.67. The lowest BCUT2D eigenvalue weighted by Crippen LogP contribution is -2.16. The number of aromatic amines is 1. The zero-order valence-electron chi connectivity index (χ0n) is 11.7. The summed E-state index contributed by atoms with van der Waals surface area (Å²) in [5.74, 6) is -0.935. The summed E-state index contributed by atoms with van der Waals surface area (Å²) in [7, 11) is 0.